The fraction of sp³-hybridized carbons (Fsp3) is 0.200. The Kier molecular flexibility index (Phi) is 5.56. The van der Waals surface area contributed by atoms with Crippen molar-refractivity contribution in [2.24, 2.45) is 0 Å². The second-order valence-electron chi connectivity index (χ2n) is 5.68. The Morgan fingerprint density at radius 1 is 1.16 bits per heavy atom. The molecule has 0 aliphatic carbocycles. The molecule has 0 bridgehead atoms. The number of hydrogen-bond acceptors (Lipinski definition) is 4. The number of thioether (sulfide) groups is 1. The van der Waals surface area contributed by atoms with Crippen LogP contribution in [0.4, 0.5) is 0 Å². The van der Waals surface area contributed by atoms with Crippen LogP contribution in [-0.4, -0.2) is 21.7 Å². The molecule has 5 heteroatoms. The number of hydrogen-bond donors (Lipinski definition) is 0. The fourth-order valence-corrected chi connectivity index (χ4v) is 3.95. The average Bonchev–Trinajstić information content (AvgIpc) is 2.88. The molecule has 3 rings (SSSR count). The Morgan fingerprint density at radius 3 is 2.60 bits per heavy atom. The van der Waals surface area contributed by atoms with E-state index in [1.807, 2.05) is 49.4 Å². The van der Waals surface area contributed by atoms with Gasteiger partial charge in [0.05, 0.1) is 4.91 Å². The zero-order valence-electron chi connectivity index (χ0n) is 14.2. The number of carbonyl (C=O) groups is 1. The number of nitrogens with zero attached hydrogens (tertiary/aromatic N) is 1. The van der Waals surface area contributed by atoms with Crippen LogP contribution < -0.4 is 4.74 Å². The van der Waals surface area contributed by atoms with Gasteiger partial charge in [-0.25, -0.2) is 0 Å². The third-order valence-corrected chi connectivity index (χ3v) is 5.42. The van der Waals surface area contributed by atoms with Gasteiger partial charge < -0.3 is 4.74 Å². The highest BCUT2D eigenvalue weighted by atomic mass is 32.2. The summed E-state index contributed by atoms with van der Waals surface area (Å²) in [4.78, 5) is 14.6. The molecule has 1 amide bonds. The van der Waals surface area contributed by atoms with Crippen molar-refractivity contribution >= 4 is 40.3 Å². The highest BCUT2D eigenvalue weighted by Gasteiger charge is 2.30. The van der Waals surface area contributed by atoms with Crippen LogP contribution in [0.2, 0.25) is 0 Å². The van der Waals surface area contributed by atoms with Gasteiger partial charge in [-0.05, 0) is 37.1 Å². The standard InChI is InChI=1S/C20H19NO2S2/c1-3-21-19(22)18(25-20(21)24)12-15-9-6-7-11-17(15)23-13-16-10-5-4-8-14(16)2/h4-12H,3,13H2,1-2H3. The van der Waals surface area contributed by atoms with Gasteiger partial charge in [0.15, 0.2) is 0 Å². The minimum Gasteiger partial charge on any atom is -0.488 e. The van der Waals surface area contributed by atoms with Gasteiger partial charge in [0.2, 0.25) is 0 Å². The van der Waals surface area contributed by atoms with Crippen LogP contribution >= 0.6 is 24.0 Å². The highest BCUT2D eigenvalue weighted by Crippen LogP contribution is 2.34. The van der Waals surface area contributed by atoms with Gasteiger partial charge in [-0.3, -0.25) is 9.69 Å². The summed E-state index contributed by atoms with van der Waals surface area (Å²) in [6, 6.07) is 15.9. The first-order chi connectivity index (χ1) is 12.1. The van der Waals surface area contributed by atoms with Crippen molar-refractivity contribution < 1.29 is 9.53 Å². The average molecular weight is 370 g/mol. The molecule has 0 radical (unpaired) electrons. The molecule has 1 heterocycles. The second-order valence-corrected chi connectivity index (χ2v) is 7.35. The maximum absolute atomic E-state index is 12.4. The molecule has 0 atom stereocenters. The lowest BCUT2D eigenvalue weighted by Crippen LogP contribution is -2.27. The molecule has 0 aromatic heterocycles. The smallest absolute Gasteiger partial charge is 0.266 e. The Hall–Kier alpha value is -2.11. The number of rotatable bonds is 5. The van der Waals surface area contributed by atoms with Crippen molar-refractivity contribution in [1.29, 1.82) is 0 Å². The van der Waals surface area contributed by atoms with Crippen LogP contribution in [-0.2, 0) is 11.4 Å². The number of likely N-dealkylation sites (N-methyl/N-ethyl adjacent to an activating group) is 1. The molecule has 1 fully saturated rings. The minimum absolute atomic E-state index is 0.0359. The Labute approximate surface area is 157 Å². The van der Waals surface area contributed by atoms with E-state index in [1.54, 1.807) is 4.90 Å². The molecule has 1 aliphatic rings. The molecule has 0 unspecified atom stereocenters. The van der Waals surface area contributed by atoms with E-state index >= 15 is 0 Å². The number of amides is 1. The maximum Gasteiger partial charge on any atom is 0.266 e. The van der Waals surface area contributed by atoms with Crippen LogP contribution in [0, 0.1) is 6.92 Å². The Balaban J connectivity index is 1.82. The third-order valence-electron chi connectivity index (χ3n) is 4.04. The van der Waals surface area contributed by atoms with Crippen molar-refractivity contribution in [2.45, 2.75) is 20.5 Å². The van der Waals surface area contributed by atoms with E-state index < -0.39 is 0 Å². The zero-order chi connectivity index (χ0) is 17.8. The van der Waals surface area contributed by atoms with E-state index in [0.717, 1.165) is 16.9 Å². The number of carbonyl (C=O) groups excluding carboxylic acids is 1. The predicted octanol–water partition coefficient (Wildman–Crippen LogP) is 4.80. The normalized spacial score (nSPS) is 15.9. The summed E-state index contributed by atoms with van der Waals surface area (Å²) in [6.07, 6.45) is 1.86. The third kappa shape index (κ3) is 3.94. The summed E-state index contributed by atoms with van der Waals surface area (Å²) in [7, 11) is 0. The van der Waals surface area contributed by atoms with Crippen LogP contribution in [0.15, 0.2) is 53.4 Å². The van der Waals surface area contributed by atoms with E-state index in [9.17, 15) is 4.79 Å². The van der Waals surface area contributed by atoms with Crippen LogP contribution in [0.3, 0.4) is 0 Å². The topological polar surface area (TPSA) is 29.5 Å². The van der Waals surface area contributed by atoms with Gasteiger partial charge in [0, 0.05) is 12.1 Å². The molecule has 0 N–H and O–H groups in total. The van der Waals surface area contributed by atoms with Gasteiger partial charge in [-0.15, -0.1) is 0 Å². The lowest BCUT2D eigenvalue weighted by molar-refractivity contribution is -0.121. The quantitative estimate of drug-likeness (QED) is 0.559. The van der Waals surface area contributed by atoms with Gasteiger partial charge in [0.1, 0.15) is 16.7 Å². The summed E-state index contributed by atoms with van der Waals surface area (Å²) >= 11 is 6.61. The molecular formula is C20H19NO2S2. The van der Waals surface area contributed by atoms with Crippen LogP contribution in [0.1, 0.15) is 23.6 Å². The molecular weight excluding hydrogens is 350 g/mol. The number of aryl methyl sites for hydroxylation is 1. The lowest BCUT2D eigenvalue weighted by Gasteiger charge is -2.11. The summed E-state index contributed by atoms with van der Waals surface area (Å²) in [5.41, 5.74) is 3.23. The minimum atomic E-state index is -0.0359. The first kappa shape index (κ1) is 17.7. The summed E-state index contributed by atoms with van der Waals surface area (Å²) < 4.78 is 6.63. The van der Waals surface area contributed by atoms with Gasteiger partial charge in [0.25, 0.3) is 5.91 Å². The van der Waals surface area contributed by atoms with Gasteiger partial charge in [-0.1, -0.05) is 66.4 Å². The second kappa shape index (κ2) is 7.85. The predicted molar refractivity (Wildman–Crippen MR) is 108 cm³/mol. The Bertz CT molecular complexity index is 845. The molecule has 1 aliphatic heterocycles. The van der Waals surface area contributed by atoms with Crippen molar-refractivity contribution in [3.63, 3.8) is 0 Å². The van der Waals surface area contributed by atoms with Crippen LogP contribution in [0.5, 0.6) is 5.75 Å². The molecule has 0 spiro atoms. The van der Waals surface area contributed by atoms with Crippen molar-refractivity contribution in [2.75, 3.05) is 6.54 Å². The van der Waals surface area contributed by atoms with Gasteiger partial charge in [-0.2, -0.15) is 0 Å². The summed E-state index contributed by atoms with van der Waals surface area (Å²) in [5.74, 6) is 0.721. The van der Waals surface area contributed by atoms with E-state index in [1.165, 1.54) is 17.3 Å². The molecule has 3 nitrogen and oxygen atoms in total. The van der Waals surface area contributed by atoms with Crippen molar-refractivity contribution in [3.8, 4) is 5.75 Å². The first-order valence-electron chi connectivity index (χ1n) is 8.12. The highest BCUT2D eigenvalue weighted by molar-refractivity contribution is 8.26. The Morgan fingerprint density at radius 2 is 1.88 bits per heavy atom. The largest absolute Gasteiger partial charge is 0.488 e. The summed E-state index contributed by atoms with van der Waals surface area (Å²) in [6.45, 7) is 5.08. The van der Waals surface area contributed by atoms with E-state index in [0.29, 0.717) is 22.4 Å². The molecule has 2 aromatic carbocycles. The number of ether oxygens (including phenoxy) is 1. The molecule has 2 aromatic rings. The van der Waals surface area contributed by atoms with Gasteiger partial charge >= 0.3 is 0 Å². The zero-order valence-corrected chi connectivity index (χ0v) is 15.8. The van der Waals surface area contributed by atoms with Crippen molar-refractivity contribution in [1.82, 2.24) is 4.90 Å². The van der Waals surface area contributed by atoms with E-state index in [2.05, 4.69) is 19.1 Å². The number of benzene rings is 2. The monoisotopic (exact) mass is 369 g/mol. The lowest BCUT2D eigenvalue weighted by atomic mass is 10.1. The molecule has 1 saturated heterocycles. The fourth-order valence-electron chi connectivity index (χ4n) is 2.57. The van der Waals surface area contributed by atoms with E-state index in [-0.39, 0.29) is 5.91 Å². The van der Waals surface area contributed by atoms with Crippen molar-refractivity contribution in [3.05, 3.63) is 70.1 Å². The maximum atomic E-state index is 12.4. The molecule has 128 valence electrons. The summed E-state index contributed by atoms with van der Waals surface area (Å²) in [5, 5.41) is 0. The molecule has 25 heavy (non-hydrogen) atoms. The first-order valence-corrected chi connectivity index (χ1v) is 9.34. The number of para-hydroxylation sites is 1. The number of thiocarbonyl (C=S) groups is 1. The SMILES string of the molecule is CCN1C(=O)C(=Cc2ccccc2OCc2ccccc2C)SC1=S. The molecule has 0 saturated carbocycles. The van der Waals surface area contributed by atoms with Crippen LogP contribution in [0.25, 0.3) is 6.08 Å². The van der Waals surface area contributed by atoms with E-state index in [4.69, 9.17) is 17.0 Å².